The molecule has 6 heteroatoms. The minimum Gasteiger partial charge on any atom is -0.491 e. The van der Waals surface area contributed by atoms with Crippen molar-refractivity contribution >= 4 is 5.97 Å². The smallest absolute Gasteiger partial charge is 0.326 e. The van der Waals surface area contributed by atoms with E-state index in [4.69, 9.17) is 18.9 Å². The monoisotopic (exact) mass is 267 g/mol. The molecule has 0 aromatic heterocycles. The van der Waals surface area contributed by atoms with Crippen LogP contribution < -0.4 is 19.5 Å². The lowest BCUT2D eigenvalue weighted by Crippen LogP contribution is -2.40. The predicted octanol–water partition coefficient (Wildman–Crippen LogP) is 0.945. The number of carbonyl (C=O) groups is 1. The molecule has 6 nitrogen and oxygen atoms in total. The first-order valence-electron chi connectivity index (χ1n) is 6.11. The Kier molecular flexibility index (Phi) is 4.46. The van der Waals surface area contributed by atoms with E-state index < -0.39 is 6.04 Å². The molecule has 1 aromatic carbocycles. The molecule has 1 aliphatic heterocycles. The van der Waals surface area contributed by atoms with Gasteiger partial charge in [-0.1, -0.05) is 0 Å². The minimum absolute atomic E-state index is 0.189. The fourth-order valence-electron chi connectivity index (χ4n) is 1.66. The van der Waals surface area contributed by atoms with Gasteiger partial charge >= 0.3 is 5.97 Å². The maximum atomic E-state index is 11.6. The lowest BCUT2D eigenvalue weighted by Gasteiger charge is -2.15. The molecule has 104 valence electrons. The van der Waals surface area contributed by atoms with Gasteiger partial charge in [-0.15, -0.1) is 0 Å². The SMILES string of the molecule is CCOC(=O)C(COc1ccc2c(c1)OCO2)NC. The van der Waals surface area contributed by atoms with Crippen LogP contribution in [-0.4, -0.2) is 39.1 Å². The van der Waals surface area contributed by atoms with E-state index in [1.54, 1.807) is 32.2 Å². The van der Waals surface area contributed by atoms with Crippen molar-refractivity contribution in [3.63, 3.8) is 0 Å². The molecule has 1 unspecified atom stereocenters. The van der Waals surface area contributed by atoms with Crippen LogP contribution >= 0.6 is 0 Å². The topological polar surface area (TPSA) is 66.0 Å². The largest absolute Gasteiger partial charge is 0.491 e. The first kappa shape index (κ1) is 13.5. The Morgan fingerprint density at radius 2 is 2.21 bits per heavy atom. The van der Waals surface area contributed by atoms with Crippen LogP contribution in [0.1, 0.15) is 6.92 Å². The number of hydrogen-bond donors (Lipinski definition) is 1. The number of hydrogen-bond acceptors (Lipinski definition) is 6. The quantitative estimate of drug-likeness (QED) is 0.774. The van der Waals surface area contributed by atoms with Gasteiger partial charge in [0.1, 0.15) is 18.4 Å². The summed E-state index contributed by atoms with van der Waals surface area (Å²) in [4.78, 5) is 11.6. The molecule has 19 heavy (non-hydrogen) atoms. The molecular weight excluding hydrogens is 250 g/mol. The first-order valence-corrected chi connectivity index (χ1v) is 6.11. The zero-order valence-electron chi connectivity index (χ0n) is 11.0. The summed E-state index contributed by atoms with van der Waals surface area (Å²) >= 11 is 0. The zero-order valence-corrected chi connectivity index (χ0v) is 11.0. The number of likely N-dealkylation sites (N-methyl/N-ethyl adjacent to an activating group) is 1. The van der Waals surface area contributed by atoms with E-state index in [2.05, 4.69) is 5.32 Å². The number of esters is 1. The second kappa shape index (κ2) is 6.29. The summed E-state index contributed by atoms with van der Waals surface area (Å²) in [5, 5.41) is 2.85. The van der Waals surface area contributed by atoms with E-state index in [1.165, 1.54) is 0 Å². The summed E-state index contributed by atoms with van der Waals surface area (Å²) in [6.07, 6.45) is 0. The second-order valence-corrected chi connectivity index (χ2v) is 3.92. The number of rotatable bonds is 6. The lowest BCUT2D eigenvalue weighted by atomic mass is 10.3. The number of nitrogens with one attached hydrogen (secondary N) is 1. The fraction of sp³-hybridized carbons (Fsp3) is 0.462. The first-order chi connectivity index (χ1) is 9.24. The summed E-state index contributed by atoms with van der Waals surface area (Å²) in [5.41, 5.74) is 0. The number of ether oxygens (including phenoxy) is 4. The molecule has 0 radical (unpaired) electrons. The summed E-state index contributed by atoms with van der Waals surface area (Å²) in [6.45, 7) is 2.53. The van der Waals surface area contributed by atoms with Gasteiger partial charge in [0.15, 0.2) is 11.5 Å². The molecule has 0 amide bonds. The molecule has 2 rings (SSSR count). The van der Waals surface area contributed by atoms with Gasteiger partial charge < -0.3 is 24.3 Å². The molecule has 0 aliphatic carbocycles. The van der Waals surface area contributed by atoms with Gasteiger partial charge in [0.25, 0.3) is 0 Å². The van der Waals surface area contributed by atoms with Crippen LogP contribution in [0.25, 0.3) is 0 Å². The van der Waals surface area contributed by atoms with Crippen LogP contribution in [0.5, 0.6) is 17.2 Å². The van der Waals surface area contributed by atoms with Gasteiger partial charge in [0.2, 0.25) is 6.79 Å². The summed E-state index contributed by atoms with van der Waals surface area (Å²) < 4.78 is 20.9. The molecule has 0 fully saturated rings. The summed E-state index contributed by atoms with van der Waals surface area (Å²) in [7, 11) is 1.69. The Morgan fingerprint density at radius 1 is 1.42 bits per heavy atom. The molecule has 0 spiro atoms. The third-order valence-electron chi connectivity index (χ3n) is 2.68. The van der Waals surface area contributed by atoms with E-state index in [0.717, 1.165) is 0 Å². The zero-order chi connectivity index (χ0) is 13.7. The third-order valence-corrected chi connectivity index (χ3v) is 2.68. The fourth-order valence-corrected chi connectivity index (χ4v) is 1.66. The molecule has 0 saturated heterocycles. The van der Waals surface area contributed by atoms with Gasteiger partial charge in [-0.3, -0.25) is 4.79 Å². The van der Waals surface area contributed by atoms with Crippen LogP contribution in [0, 0.1) is 0 Å². The molecule has 0 bridgehead atoms. The van der Waals surface area contributed by atoms with E-state index >= 15 is 0 Å². The van der Waals surface area contributed by atoms with E-state index in [9.17, 15) is 4.79 Å². The maximum Gasteiger partial charge on any atom is 0.326 e. The van der Waals surface area contributed by atoms with E-state index in [-0.39, 0.29) is 19.4 Å². The number of carbonyl (C=O) groups excluding carboxylic acids is 1. The van der Waals surface area contributed by atoms with E-state index in [1.807, 2.05) is 0 Å². The van der Waals surface area contributed by atoms with Crippen LogP contribution in [0.2, 0.25) is 0 Å². The van der Waals surface area contributed by atoms with Crippen molar-refractivity contribution < 1.29 is 23.7 Å². The molecule has 1 N–H and O–H groups in total. The van der Waals surface area contributed by atoms with Gasteiger partial charge in [-0.2, -0.15) is 0 Å². The molecule has 1 heterocycles. The summed E-state index contributed by atoms with van der Waals surface area (Å²) in [6, 6.07) is 4.78. The van der Waals surface area contributed by atoms with Crippen molar-refractivity contribution in [3.8, 4) is 17.2 Å². The van der Waals surface area contributed by atoms with Crippen molar-refractivity contribution in [2.75, 3.05) is 27.1 Å². The molecular formula is C13H17NO5. The van der Waals surface area contributed by atoms with E-state index in [0.29, 0.717) is 23.9 Å². The Balaban J connectivity index is 1.92. The average Bonchev–Trinajstić information content (AvgIpc) is 2.87. The average molecular weight is 267 g/mol. The highest BCUT2D eigenvalue weighted by atomic mass is 16.7. The Hall–Kier alpha value is -1.95. The second-order valence-electron chi connectivity index (χ2n) is 3.92. The highest BCUT2D eigenvalue weighted by molar-refractivity contribution is 5.75. The third kappa shape index (κ3) is 3.29. The summed E-state index contributed by atoms with van der Waals surface area (Å²) in [5.74, 6) is 1.64. The molecule has 1 aliphatic rings. The Labute approximate surface area is 111 Å². The van der Waals surface area contributed by atoms with Crippen LogP contribution in [-0.2, 0) is 9.53 Å². The van der Waals surface area contributed by atoms with Crippen molar-refractivity contribution in [1.82, 2.24) is 5.32 Å². The van der Waals surface area contributed by atoms with Gasteiger partial charge in [-0.25, -0.2) is 0 Å². The van der Waals surface area contributed by atoms with Crippen LogP contribution in [0.4, 0.5) is 0 Å². The van der Waals surface area contributed by atoms with Crippen LogP contribution in [0.15, 0.2) is 18.2 Å². The molecule has 1 atom stereocenters. The Bertz CT molecular complexity index is 449. The van der Waals surface area contributed by atoms with Crippen molar-refractivity contribution in [2.45, 2.75) is 13.0 Å². The van der Waals surface area contributed by atoms with Crippen molar-refractivity contribution in [3.05, 3.63) is 18.2 Å². The minimum atomic E-state index is -0.495. The van der Waals surface area contributed by atoms with Crippen molar-refractivity contribution in [1.29, 1.82) is 0 Å². The highest BCUT2D eigenvalue weighted by Crippen LogP contribution is 2.35. The standard InChI is InChI=1S/C13H17NO5/c1-3-16-13(15)10(14-2)7-17-9-4-5-11-12(6-9)19-8-18-11/h4-6,10,14H,3,7-8H2,1-2H3. The lowest BCUT2D eigenvalue weighted by molar-refractivity contribution is -0.146. The van der Waals surface area contributed by atoms with Crippen LogP contribution in [0.3, 0.4) is 0 Å². The molecule has 0 saturated carbocycles. The van der Waals surface area contributed by atoms with Gasteiger partial charge in [0.05, 0.1) is 6.61 Å². The highest BCUT2D eigenvalue weighted by Gasteiger charge is 2.19. The van der Waals surface area contributed by atoms with Crippen molar-refractivity contribution in [2.24, 2.45) is 0 Å². The van der Waals surface area contributed by atoms with Gasteiger partial charge in [0, 0.05) is 6.07 Å². The number of benzene rings is 1. The molecule has 1 aromatic rings. The Morgan fingerprint density at radius 3 is 2.95 bits per heavy atom. The maximum absolute atomic E-state index is 11.6. The normalized spacial score (nSPS) is 14.0. The van der Waals surface area contributed by atoms with Gasteiger partial charge in [-0.05, 0) is 26.1 Å². The number of fused-ring (bicyclic) bond motifs is 1. The predicted molar refractivity (Wildman–Crippen MR) is 67.5 cm³/mol.